The summed E-state index contributed by atoms with van der Waals surface area (Å²) in [4.78, 5) is 21.6. The molecular formula is C8H11NO3S. The van der Waals surface area contributed by atoms with E-state index >= 15 is 0 Å². The van der Waals surface area contributed by atoms with Gasteiger partial charge in [0, 0.05) is 19.0 Å². The number of amides is 1. The van der Waals surface area contributed by atoms with Gasteiger partial charge in [-0.25, -0.2) is 4.79 Å². The van der Waals surface area contributed by atoms with Crippen molar-refractivity contribution in [3.63, 3.8) is 0 Å². The van der Waals surface area contributed by atoms with Crippen LogP contribution in [0, 0.1) is 0 Å². The number of β-lactam (4-membered cyclic amide) rings is 1. The Kier molecular flexibility index (Phi) is 3.82. The molecule has 0 unspecified atom stereocenters. The first kappa shape index (κ1) is 10.1. The number of nitrogens with zero attached hydrogens (tertiary/aromatic N) is 1. The molecule has 0 N–H and O–H groups in total. The molecule has 0 aliphatic carbocycles. The molecule has 1 rings (SSSR count). The van der Waals surface area contributed by atoms with Crippen molar-refractivity contribution < 1.29 is 14.3 Å². The molecule has 0 atom stereocenters. The molecule has 1 amide bonds. The van der Waals surface area contributed by atoms with Gasteiger partial charge in [0.2, 0.25) is 5.91 Å². The van der Waals surface area contributed by atoms with Crippen molar-refractivity contribution in [2.24, 2.45) is 0 Å². The summed E-state index contributed by atoms with van der Waals surface area (Å²) in [6.07, 6.45) is 1.93. The van der Waals surface area contributed by atoms with Crippen molar-refractivity contribution >= 4 is 23.8 Å². The van der Waals surface area contributed by atoms with E-state index in [0.717, 1.165) is 6.54 Å². The van der Waals surface area contributed by atoms with Crippen LogP contribution < -0.4 is 0 Å². The summed E-state index contributed by atoms with van der Waals surface area (Å²) in [5.74, 6) is -0.263. The predicted octanol–water partition coefficient (Wildman–Crippen LogP) is 0.944. The van der Waals surface area contributed by atoms with Crippen LogP contribution in [0.4, 0.5) is 0 Å². The van der Waals surface area contributed by atoms with Crippen LogP contribution in [0.3, 0.4) is 0 Å². The highest BCUT2D eigenvalue weighted by molar-refractivity contribution is 8.00. The number of hydrogen-bond donors (Lipinski definition) is 0. The highest BCUT2D eigenvalue weighted by atomic mass is 32.2. The first-order valence-corrected chi connectivity index (χ1v) is 4.88. The largest absolute Gasteiger partial charge is 0.463 e. The zero-order valence-corrected chi connectivity index (χ0v) is 8.17. The van der Waals surface area contributed by atoms with E-state index in [-0.39, 0.29) is 11.9 Å². The number of esters is 1. The molecule has 0 bridgehead atoms. The molecule has 1 aliphatic heterocycles. The van der Waals surface area contributed by atoms with Gasteiger partial charge in [-0.15, -0.1) is 0 Å². The van der Waals surface area contributed by atoms with Crippen LogP contribution in [-0.4, -0.2) is 29.3 Å². The molecule has 0 saturated carbocycles. The molecule has 0 radical (unpaired) electrons. The van der Waals surface area contributed by atoms with Gasteiger partial charge in [0.15, 0.2) is 0 Å². The maximum Gasteiger partial charge on any atom is 0.331 e. The van der Waals surface area contributed by atoms with E-state index in [1.165, 1.54) is 18.0 Å². The number of rotatable bonds is 4. The fraction of sp³-hybridized carbons (Fsp3) is 0.500. The molecule has 72 valence electrons. The van der Waals surface area contributed by atoms with Gasteiger partial charge in [-0.1, -0.05) is 0 Å². The van der Waals surface area contributed by atoms with Crippen molar-refractivity contribution in [3.05, 3.63) is 11.5 Å². The SMILES string of the molecule is CCOC(=O)/C=C/SN1CCC1=O. The summed E-state index contributed by atoms with van der Waals surface area (Å²) < 4.78 is 6.25. The van der Waals surface area contributed by atoms with E-state index in [4.69, 9.17) is 0 Å². The van der Waals surface area contributed by atoms with E-state index < -0.39 is 0 Å². The molecule has 1 aliphatic rings. The van der Waals surface area contributed by atoms with Gasteiger partial charge in [0.1, 0.15) is 0 Å². The minimum absolute atomic E-state index is 0.110. The number of carbonyl (C=O) groups excluding carboxylic acids is 2. The van der Waals surface area contributed by atoms with Gasteiger partial charge in [0.25, 0.3) is 0 Å². The molecule has 0 aromatic heterocycles. The van der Waals surface area contributed by atoms with Crippen molar-refractivity contribution in [3.8, 4) is 0 Å². The predicted molar refractivity (Wildman–Crippen MR) is 49.7 cm³/mol. The Balaban J connectivity index is 2.17. The van der Waals surface area contributed by atoms with Gasteiger partial charge in [-0.2, -0.15) is 0 Å². The van der Waals surface area contributed by atoms with Crippen molar-refractivity contribution in [1.82, 2.24) is 4.31 Å². The van der Waals surface area contributed by atoms with Crippen LogP contribution >= 0.6 is 11.9 Å². The Labute approximate surface area is 81.1 Å². The lowest BCUT2D eigenvalue weighted by atomic mass is 10.3. The second kappa shape index (κ2) is 4.91. The van der Waals surface area contributed by atoms with Gasteiger partial charge in [0.05, 0.1) is 6.61 Å². The summed E-state index contributed by atoms with van der Waals surface area (Å²) >= 11 is 1.23. The highest BCUT2D eigenvalue weighted by Crippen LogP contribution is 2.20. The fourth-order valence-corrected chi connectivity index (χ4v) is 1.48. The first-order chi connectivity index (χ1) is 6.24. The zero-order valence-electron chi connectivity index (χ0n) is 7.36. The van der Waals surface area contributed by atoms with E-state index in [1.54, 1.807) is 16.6 Å². The van der Waals surface area contributed by atoms with Crippen LogP contribution in [0.2, 0.25) is 0 Å². The van der Waals surface area contributed by atoms with Gasteiger partial charge in [-0.3, -0.25) is 9.10 Å². The Morgan fingerprint density at radius 1 is 1.77 bits per heavy atom. The third-order valence-electron chi connectivity index (χ3n) is 1.49. The van der Waals surface area contributed by atoms with E-state index in [2.05, 4.69) is 4.74 Å². The topological polar surface area (TPSA) is 46.6 Å². The summed E-state index contributed by atoms with van der Waals surface area (Å²) in [6.45, 7) is 2.88. The third-order valence-corrected chi connectivity index (χ3v) is 2.38. The molecule has 1 fully saturated rings. The third kappa shape index (κ3) is 3.10. The Hall–Kier alpha value is -0.970. The fourth-order valence-electron chi connectivity index (χ4n) is 0.756. The molecule has 4 nitrogen and oxygen atoms in total. The van der Waals surface area contributed by atoms with Gasteiger partial charge in [-0.05, 0) is 24.3 Å². The average Bonchev–Trinajstić information content (AvgIpc) is 2.10. The normalized spacial score (nSPS) is 16.1. The molecule has 0 aromatic rings. The molecule has 13 heavy (non-hydrogen) atoms. The summed E-state index contributed by atoms with van der Waals surface area (Å²) in [5, 5.41) is 1.56. The Morgan fingerprint density at radius 2 is 2.54 bits per heavy atom. The molecule has 0 aromatic carbocycles. The average molecular weight is 201 g/mol. The smallest absolute Gasteiger partial charge is 0.331 e. The van der Waals surface area contributed by atoms with Crippen LogP contribution in [0.5, 0.6) is 0 Å². The van der Waals surface area contributed by atoms with Gasteiger partial charge < -0.3 is 4.74 Å². The lowest BCUT2D eigenvalue weighted by Gasteiger charge is -2.27. The van der Waals surface area contributed by atoms with Gasteiger partial charge >= 0.3 is 5.97 Å². The highest BCUT2D eigenvalue weighted by Gasteiger charge is 2.23. The molecule has 1 saturated heterocycles. The summed E-state index contributed by atoms with van der Waals surface area (Å²) in [7, 11) is 0. The minimum Gasteiger partial charge on any atom is -0.463 e. The van der Waals surface area contributed by atoms with E-state index in [0.29, 0.717) is 13.0 Å². The molecule has 5 heteroatoms. The molecule has 1 heterocycles. The quantitative estimate of drug-likeness (QED) is 0.294. The van der Waals surface area contributed by atoms with Crippen LogP contribution in [-0.2, 0) is 14.3 Å². The van der Waals surface area contributed by atoms with Crippen molar-refractivity contribution in [2.45, 2.75) is 13.3 Å². The van der Waals surface area contributed by atoms with E-state index in [9.17, 15) is 9.59 Å². The summed E-state index contributed by atoms with van der Waals surface area (Å²) in [6, 6.07) is 0. The first-order valence-electron chi connectivity index (χ1n) is 4.04. The molecule has 0 spiro atoms. The Morgan fingerprint density at radius 3 is 3.00 bits per heavy atom. The number of hydrogen-bond acceptors (Lipinski definition) is 4. The maximum atomic E-state index is 10.8. The number of carbonyl (C=O) groups is 2. The Bertz CT molecular complexity index is 240. The van der Waals surface area contributed by atoms with E-state index in [1.807, 2.05) is 0 Å². The maximum absolute atomic E-state index is 10.8. The summed E-state index contributed by atoms with van der Waals surface area (Å²) in [5.41, 5.74) is 0. The lowest BCUT2D eigenvalue weighted by molar-refractivity contribution is -0.137. The van der Waals surface area contributed by atoms with Crippen LogP contribution in [0.25, 0.3) is 0 Å². The van der Waals surface area contributed by atoms with Crippen LogP contribution in [0.1, 0.15) is 13.3 Å². The molecular weight excluding hydrogens is 190 g/mol. The number of ether oxygens (including phenoxy) is 1. The standard InChI is InChI=1S/C8H11NO3S/c1-2-12-8(11)4-6-13-9-5-3-7(9)10/h4,6H,2-3,5H2,1H3/b6-4+. The zero-order chi connectivity index (χ0) is 9.68. The van der Waals surface area contributed by atoms with Crippen molar-refractivity contribution in [1.29, 1.82) is 0 Å². The monoisotopic (exact) mass is 201 g/mol. The second-order valence-corrected chi connectivity index (χ2v) is 3.33. The lowest BCUT2D eigenvalue weighted by Crippen LogP contribution is -2.37. The van der Waals surface area contributed by atoms with Crippen LogP contribution in [0.15, 0.2) is 11.5 Å². The second-order valence-electron chi connectivity index (χ2n) is 2.41. The minimum atomic E-state index is -0.372. The van der Waals surface area contributed by atoms with Crippen molar-refractivity contribution in [2.75, 3.05) is 13.2 Å².